The number of methoxy groups -OCH3 is 1. The molecule has 1 N–H and O–H groups in total. The Morgan fingerprint density at radius 1 is 1.06 bits per heavy atom. The molecule has 0 atom stereocenters. The maximum absolute atomic E-state index is 12.5. The van der Waals surface area contributed by atoms with E-state index in [4.69, 9.17) is 42.1 Å². The molecule has 0 radical (unpaired) electrons. The maximum Gasteiger partial charge on any atom is 0.348 e. The minimum absolute atomic E-state index is 0.0702. The molecular weight excluding hydrogens is 493 g/mol. The molecule has 1 heterocycles. The van der Waals surface area contributed by atoms with Gasteiger partial charge in [-0.3, -0.25) is 4.79 Å². The van der Waals surface area contributed by atoms with E-state index >= 15 is 0 Å². The summed E-state index contributed by atoms with van der Waals surface area (Å²) in [6.45, 7) is 3.99. The van der Waals surface area contributed by atoms with Gasteiger partial charge in [0, 0.05) is 18.6 Å². The summed E-state index contributed by atoms with van der Waals surface area (Å²) in [5.41, 5.74) is 0.523. The number of anilines is 1. The van der Waals surface area contributed by atoms with Crippen molar-refractivity contribution in [3.8, 4) is 5.75 Å². The number of hydrogen-bond donors (Lipinski definition) is 1. The molecule has 2 rings (SSSR count). The summed E-state index contributed by atoms with van der Waals surface area (Å²) in [7, 11) is 1.49. The van der Waals surface area contributed by atoms with E-state index in [0.29, 0.717) is 27.8 Å². The summed E-state index contributed by atoms with van der Waals surface area (Å²) < 4.78 is 20.7. The van der Waals surface area contributed by atoms with E-state index in [-0.39, 0.29) is 54.2 Å². The van der Waals surface area contributed by atoms with Gasteiger partial charge >= 0.3 is 11.9 Å². The molecule has 0 saturated carbocycles. The minimum atomic E-state index is -0.627. The lowest BCUT2D eigenvalue weighted by Gasteiger charge is -2.09. The Kier molecular flexibility index (Phi) is 10.9. The summed E-state index contributed by atoms with van der Waals surface area (Å²) in [6.07, 6.45) is 0.522. The highest BCUT2D eigenvalue weighted by molar-refractivity contribution is 7.18. The first kappa shape index (κ1) is 26.9. The monoisotopic (exact) mass is 517 g/mol. The lowest BCUT2D eigenvalue weighted by molar-refractivity contribution is -0.116. The van der Waals surface area contributed by atoms with Gasteiger partial charge in [-0.25, -0.2) is 9.59 Å². The largest absolute Gasteiger partial charge is 0.492 e. The van der Waals surface area contributed by atoms with Gasteiger partial charge in [0.05, 0.1) is 30.4 Å². The van der Waals surface area contributed by atoms with Crippen molar-refractivity contribution in [2.24, 2.45) is 0 Å². The van der Waals surface area contributed by atoms with E-state index in [9.17, 15) is 14.4 Å². The standard InChI is InChI=1S/C22H25Cl2NO7S/c1-4-30-21(27)18-13(2)19(22(28)32-11-10-29-3)33-20(18)25-17(26)6-5-9-31-16-8-7-14(23)12-15(16)24/h7-8,12H,4-6,9-11H2,1-3H3,(H,25,26). The first-order valence-corrected chi connectivity index (χ1v) is 11.7. The van der Waals surface area contributed by atoms with Crippen LogP contribution in [0, 0.1) is 6.92 Å². The molecule has 0 saturated heterocycles. The number of hydrogen-bond acceptors (Lipinski definition) is 8. The molecule has 1 amide bonds. The minimum Gasteiger partial charge on any atom is -0.492 e. The fourth-order valence-electron chi connectivity index (χ4n) is 2.72. The quantitative estimate of drug-likeness (QED) is 0.307. The lowest BCUT2D eigenvalue weighted by atomic mass is 10.1. The SMILES string of the molecule is CCOC(=O)c1c(NC(=O)CCCOc2ccc(Cl)cc2Cl)sc(C(=O)OCCOC)c1C. The molecule has 0 aliphatic rings. The Hall–Kier alpha value is -2.33. The predicted molar refractivity (Wildman–Crippen MR) is 127 cm³/mol. The summed E-state index contributed by atoms with van der Waals surface area (Å²) in [4.78, 5) is 37.5. The number of ether oxygens (including phenoxy) is 4. The van der Waals surface area contributed by atoms with Gasteiger partial charge in [0.2, 0.25) is 5.91 Å². The van der Waals surface area contributed by atoms with Gasteiger partial charge in [-0.15, -0.1) is 11.3 Å². The molecule has 180 valence electrons. The summed E-state index contributed by atoms with van der Waals surface area (Å²) in [5.74, 6) is -1.10. The zero-order chi connectivity index (χ0) is 24.4. The van der Waals surface area contributed by atoms with Crippen molar-refractivity contribution >= 4 is 57.4 Å². The van der Waals surface area contributed by atoms with Crippen LogP contribution in [0.1, 0.15) is 45.4 Å². The molecule has 8 nitrogen and oxygen atoms in total. The van der Waals surface area contributed by atoms with Crippen LogP contribution in [0.3, 0.4) is 0 Å². The van der Waals surface area contributed by atoms with Gasteiger partial charge in [0.1, 0.15) is 22.2 Å². The summed E-state index contributed by atoms with van der Waals surface area (Å²) in [5, 5.41) is 3.81. The fourth-order valence-corrected chi connectivity index (χ4v) is 4.29. The molecule has 0 unspecified atom stereocenters. The molecule has 0 aliphatic heterocycles. The number of amides is 1. The number of halogens is 2. The van der Waals surface area contributed by atoms with E-state index in [1.165, 1.54) is 7.11 Å². The Labute approximate surface area is 206 Å². The molecule has 2 aromatic rings. The van der Waals surface area contributed by atoms with E-state index in [0.717, 1.165) is 11.3 Å². The van der Waals surface area contributed by atoms with Gasteiger partial charge in [-0.05, 0) is 44.0 Å². The second-order valence-electron chi connectivity index (χ2n) is 6.68. The zero-order valence-electron chi connectivity index (χ0n) is 18.5. The summed E-state index contributed by atoms with van der Waals surface area (Å²) >= 11 is 12.9. The van der Waals surface area contributed by atoms with E-state index in [1.54, 1.807) is 32.0 Å². The van der Waals surface area contributed by atoms with Crippen LogP contribution in [0.4, 0.5) is 5.00 Å². The van der Waals surface area contributed by atoms with Crippen molar-refractivity contribution in [3.63, 3.8) is 0 Å². The van der Waals surface area contributed by atoms with Gasteiger partial charge in [-0.2, -0.15) is 0 Å². The number of nitrogens with one attached hydrogen (secondary N) is 1. The molecule has 1 aromatic carbocycles. The Morgan fingerprint density at radius 3 is 2.48 bits per heavy atom. The van der Waals surface area contributed by atoms with Crippen LogP contribution in [0.2, 0.25) is 10.0 Å². The second kappa shape index (κ2) is 13.4. The summed E-state index contributed by atoms with van der Waals surface area (Å²) in [6, 6.07) is 4.88. The van der Waals surface area contributed by atoms with E-state index < -0.39 is 11.9 Å². The van der Waals surface area contributed by atoms with Crippen LogP contribution in [0.5, 0.6) is 5.75 Å². The first-order chi connectivity index (χ1) is 15.8. The molecule has 33 heavy (non-hydrogen) atoms. The molecule has 0 bridgehead atoms. The normalized spacial score (nSPS) is 10.6. The van der Waals surface area contributed by atoms with Crippen molar-refractivity contribution in [2.75, 3.05) is 38.9 Å². The third-order valence-corrected chi connectivity index (χ3v) is 6.00. The van der Waals surface area contributed by atoms with Gasteiger partial charge in [-0.1, -0.05) is 23.2 Å². The lowest BCUT2D eigenvalue weighted by Crippen LogP contribution is -2.15. The number of thiophene rings is 1. The topological polar surface area (TPSA) is 100 Å². The van der Waals surface area contributed by atoms with Crippen LogP contribution in [0.15, 0.2) is 18.2 Å². The van der Waals surface area contributed by atoms with Crippen LogP contribution < -0.4 is 10.1 Å². The molecular formula is C22H25Cl2NO7S. The Morgan fingerprint density at radius 2 is 1.82 bits per heavy atom. The zero-order valence-corrected chi connectivity index (χ0v) is 20.8. The van der Waals surface area contributed by atoms with Crippen LogP contribution >= 0.6 is 34.5 Å². The highest BCUT2D eigenvalue weighted by Crippen LogP contribution is 2.34. The smallest absolute Gasteiger partial charge is 0.348 e. The average Bonchev–Trinajstić information content (AvgIpc) is 3.08. The number of rotatable bonds is 12. The third kappa shape index (κ3) is 7.89. The van der Waals surface area contributed by atoms with Gasteiger partial charge in [0.15, 0.2) is 0 Å². The average molecular weight is 518 g/mol. The van der Waals surface area contributed by atoms with Crippen LogP contribution in [0.25, 0.3) is 0 Å². The fraction of sp³-hybridized carbons (Fsp3) is 0.409. The van der Waals surface area contributed by atoms with E-state index in [1.807, 2.05) is 0 Å². The Balaban J connectivity index is 2.02. The van der Waals surface area contributed by atoms with Crippen molar-refractivity contribution in [1.82, 2.24) is 0 Å². The Bertz CT molecular complexity index is 993. The highest BCUT2D eigenvalue weighted by Gasteiger charge is 2.27. The third-order valence-electron chi connectivity index (χ3n) is 4.28. The molecule has 0 spiro atoms. The number of esters is 2. The number of carbonyl (C=O) groups excluding carboxylic acids is 3. The number of carbonyl (C=O) groups is 3. The van der Waals surface area contributed by atoms with Crippen LogP contribution in [-0.4, -0.2) is 51.4 Å². The molecule has 0 fully saturated rings. The number of benzene rings is 1. The molecule has 1 aromatic heterocycles. The van der Waals surface area contributed by atoms with Gasteiger partial charge < -0.3 is 24.3 Å². The predicted octanol–water partition coefficient (Wildman–Crippen LogP) is 5.14. The van der Waals surface area contributed by atoms with Crippen molar-refractivity contribution < 1.29 is 33.3 Å². The second-order valence-corrected chi connectivity index (χ2v) is 8.55. The first-order valence-electron chi connectivity index (χ1n) is 10.1. The molecule has 11 heteroatoms. The van der Waals surface area contributed by atoms with Crippen LogP contribution in [-0.2, 0) is 19.0 Å². The highest BCUT2D eigenvalue weighted by atomic mass is 35.5. The van der Waals surface area contributed by atoms with Crippen molar-refractivity contribution in [3.05, 3.63) is 44.2 Å². The van der Waals surface area contributed by atoms with Crippen molar-refractivity contribution in [1.29, 1.82) is 0 Å². The van der Waals surface area contributed by atoms with Gasteiger partial charge in [0.25, 0.3) is 0 Å². The van der Waals surface area contributed by atoms with E-state index in [2.05, 4.69) is 5.32 Å². The van der Waals surface area contributed by atoms with Crippen molar-refractivity contribution in [2.45, 2.75) is 26.7 Å². The maximum atomic E-state index is 12.5. The molecule has 0 aliphatic carbocycles.